The number of urea groups is 1. The van der Waals surface area contributed by atoms with E-state index in [9.17, 15) is 9.59 Å². The molecule has 0 saturated carbocycles. The summed E-state index contributed by atoms with van der Waals surface area (Å²) in [4.78, 5) is 23.1. The van der Waals surface area contributed by atoms with Crippen molar-refractivity contribution in [3.05, 3.63) is 53.6 Å². The van der Waals surface area contributed by atoms with Crippen molar-refractivity contribution in [2.45, 2.75) is 12.8 Å². The lowest BCUT2D eigenvalue weighted by molar-refractivity contribution is -0.136. The van der Waals surface area contributed by atoms with Crippen LogP contribution in [0.4, 0.5) is 16.2 Å². The maximum atomic E-state index is 12.4. The summed E-state index contributed by atoms with van der Waals surface area (Å²) in [5.74, 6) is -0.462. The quantitative estimate of drug-likeness (QED) is 0.572. The molecule has 0 bridgehead atoms. The molecule has 2 rings (SSSR count). The van der Waals surface area contributed by atoms with E-state index in [4.69, 9.17) is 19.8 Å². The SMILES string of the molecule is COCCOc1ccc(C#N)cc1NC(=O)Nc1cccc(CCC(=O)O)c1. The number of carbonyl (C=O) groups excluding carboxylic acids is 1. The molecule has 0 spiro atoms. The van der Waals surface area contributed by atoms with E-state index in [0.29, 0.717) is 42.3 Å². The molecule has 0 atom stereocenters. The number of hydrogen-bond acceptors (Lipinski definition) is 5. The summed E-state index contributed by atoms with van der Waals surface area (Å²) >= 11 is 0. The average molecular weight is 383 g/mol. The molecule has 3 N–H and O–H groups in total. The second-order valence-corrected chi connectivity index (χ2v) is 5.84. The van der Waals surface area contributed by atoms with Crippen LogP contribution in [0.2, 0.25) is 0 Å². The highest BCUT2D eigenvalue weighted by molar-refractivity contribution is 6.00. The molecule has 0 saturated heterocycles. The molecule has 0 aliphatic rings. The van der Waals surface area contributed by atoms with Crippen molar-refractivity contribution in [1.29, 1.82) is 5.26 Å². The van der Waals surface area contributed by atoms with Gasteiger partial charge in [0.1, 0.15) is 12.4 Å². The van der Waals surface area contributed by atoms with E-state index < -0.39 is 12.0 Å². The normalized spacial score (nSPS) is 10.0. The molecule has 0 aliphatic carbocycles. The number of benzene rings is 2. The predicted octanol–water partition coefficient (Wildman–Crippen LogP) is 3.24. The molecule has 0 aliphatic heterocycles. The van der Waals surface area contributed by atoms with Crippen LogP contribution in [0.3, 0.4) is 0 Å². The minimum Gasteiger partial charge on any atom is -0.489 e. The van der Waals surface area contributed by atoms with Gasteiger partial charge in [0, 0.05) is 19.2 Å². The zero-order chi connectivity index (χ0) is 20.4. The van der Waals surface area contributed by atoms with E-state index in [2.05, 4.69) is 10.6 Å². The van der Waals surface area contributed by atoms with Gasteiger partial charge in [-0.2, -0.15) is 5.26 Å². The molecule has 28 heavy (non-hydrogen) atoms. The topological polar surface area (TPSA) is 121 Å². The van der Waals surface area contributed by atoms with Crippen molar-refractivity contribution in [3.63, 3.8) is 0 Å². The van der Waals surface area contributed by atoms with Crippen LogP contribution >= 0.6 is 0 Å². The van der Waals surface area contributed by atoms with Crippen molar-refractivity contribution in [2.24, 2.45) is 0 Å². The summed E-state index contributed by atoms with van der Waals surface area (Å²) in [5, 5.41) is 23.2. The minimum absolute atomic E-state index is 0.0127. The lowest BCUT2D eigenvalue weighted by atomic mass is 10.1. The summed E-state index contributed by atoms with van der Waals surface area (Å²) in [6, 6.07) is 13.2. The fraction of sp³-hybridized carbons (Fsp3) is 0.250. The number of carbonyl (C=O) groups is 2. The number of anilines is 2. The molecular formula is C20H21N3O5. The number of aryl methyl sites for hydroxylation is 1. The fourth-order valence-electron chi connectivity index (χ4n) is 2.40. The molecule has 2 aromatic rings. The Morgan fingerprint density at radius 3 is 2.68 bits per heavy atom. The molecule has 146 valence electrons. The second-order valence-electron chi connectivity index (χ2n) is 5.84. The van der Waals surface area contributed by atoms with Gasteiger partial charge in [0.15, 0.2) is 0 Å². The maximum absolute atomic E-state index is 12.4. The number of aliphatic carboxylic acids is 1. The number of nitriles is 1. The standard InChI is InChI=1S/C20H21N3O5/c1-27-9-10-28-18-7-5-15(13-21)12-17(18)23-20(26)22-16-4-2-3-14(11-16)6-8-19(24)25/h2-5,7,11-12H,6,8-10H2,1H3,(H,24,25)(H2,22,23,26). The zero-order valence-corrected chi connectivity index (χ0v) is 15.4. The highest BCUT2D eigenvalue weighted by atomic mass is 16.5. The predicted molar refractivity (Wildman–Crippen MR) is 104 cm³/mol. The number of hydrogen-bond donors (Lipinski definition) is 3. The number of carboxylic acids is 1. The Balaban J connectivity index is 2.06. The molecule has 0 heterocycles. The Hall–Kier alpha value is -3.57. The van der Waals surface area contributed by atoms with Crippen LogP contribution in [0.1, 0.15) is 17.5 Å². The van der Waals surface area contributed by atoms with Gasteiger partial charge < -0.3 is 25.2 Å². The van der Waals surface area contributed by atoms with Crippen molar-refractivity contribution >= 4 is 23.4 Å². The van der Waals surface area contributed by atoms with Crippen LogP contribution in [0.25, 0.3) is 0 Å². The summed E-state index contributed by atoms with van der Waals surface area (Å²) in [6.07, 6.45) is 0.382. The van der Waals surface area contributed by atoms with Gasteiger partial charge in [-0.3, -0.25) is 4.79 Å². The van der Waals surface area contributed by atoms with E-state index in [0.717, 1.165) is 5.56 Å². The van der Waals surface area contributed by atoms with E-state index in [1.165, 1.54) is 6.07 Å². The van der Waals surface area contributed by atoms with Crippen molar-refractivity contribution in [1.82, 2.24) is 0 Å². The number of ether oxygens (including phenoxy) is 2. The first-order chi connectivity index (χ1) is 13.5. The molecule has 8 heteroatoms. The highest BCUT2D eigenvalue weighted by Gasteiger charge is 2.10. The zero-order valence-electron chi connectivity index (χ0n) is 15.4. The first kappa shape index (κ1) is 20.7. The number of nitrogens with one attached hydrogen (secondary N) is 2. The molecule has 0 fully saturated rings. The molecule has 2 amide bonds. The third-order valence-corrected chi connectivity index (χ3v) is 3.71. The van der Waals surface area contributed by atoms with Crippen LogP contribution in [0.5, 0.6) is 5.75 Å². The lowest BCUT2D eigenvalue weighted by Crippen LogP contribution is -2.20. The molecule has 8 nitrogen and oxygen atoms in total. The first-order valence-electron chi connectivity index (χ1n) is 8.56. The molecule has 2 aromatic carbocycles. The highest BCUT2D eigenvalue weighted by Crippen LogP contribution is 2.26. The molecule has 0 radical (unpaired) electrons. The van der Waals surface area contributed by atoms with Crippen LogP contribution < -0.4 is 15.4 Å². The van der Waals surface area contributed by atoms with Crippen molar-refractivity contribution < 1.29 is 24.2 Å². The number of nitrogens with zero attached hydrogens (tertiary/aromatic N) is 1. The average Bonchev–Trinajstić information content (AvgIpc) is 2.67. The minimum atomic E-state index is -0.880. The largest absolute Gasteiger partial charge is 0.489 e. The Labute approximate surface area is 162 Å². The van der Waals surface area contributed by atoms with Crippen LogP contribution in [0, 0.1) is 11.3 Å². The van der Waals surface area contributed by atoms with Gasteiger partial charge in [-0.1, -0.05) is 12.1 Å². The van der Waals surface area contributed by atoms with Crippen LogP contribution in [0.15, 0.2) is 42.5 Å². The number of amides is 2. The Morgan fingerprint density at radius 2 is 1.96 bits per heavy atom. The third kappa shape index (κ3) is 6.63. The second kappa shape index (κ2) is 10.5. The lowest BCUT2D eigenvalue weighted by Gasteiger charge is -2.14. The van der Waals surface area contributed by atoms with E-state index >= 15 is 0 Å². The van der Waals surface area contributed by atoms with Crippen LogP contribution in [-0.2, 0) is 16.0 Å². The summed E-state index contributed by atoms with van der Waals surface area (Å²) in [7, 11) is 1.55. The van der Waals surface area contributed by atoms with Gasteiger partial charge in [0.25, 0.3) is 0 Å². The Kier molecular flexibility index (Phi) is 7.81. The van der Waals surface area contributed by atoms with Gasteiger partial charge in [-0.15, -0.1) is 0 Å². The van der Waals surface area contributed by atoms with Gasteiger partial charge in [0.2, 0.25) is 0 Å². The summed E-state index contributed by atoms with van der Waals surface area (Å²) < 4.78 is 10.5. The third-order valence-electron chi connectivity index (χ3n) is 3.71. The maximum Gasteiger partial charge on any atom is 0.323 e. The molecular weight excluding hydrogens is 362 g/mol. The van der Waals surface area contributed by atoms with E-state index in [1.807, 2.05) is 6.07 Å². The number of carboxylic acid groups (broad SMARTS) is 1. The number of methoxy groups -OCH3 is 1. The first-order valence-corrected chi connectivity index (χ1v) is 8.56. The van der Waals surface area contributed by atoms with Crippen LogP contribution in [-0.4, -0.2) is 37.4 Å². The number of rotatable bonds is 9. The van der Waals surface area contributed by atoms with E-state index in [1.54, 1.807) is 43.5 Å². The smallest absolute Gasteiger partial charge is 0.323 e. The summed E-state index contributed by atoms with van der Waals surface area (Å²) in [6.45, 7) is 0.680. The molecule has 0 unspecified atom stereocenters. The monoisotopic (exact) mass is 383 g/mol. The van der Waals surface area contributed by atoms with E-state index in [-0.39, 0.29) is 6.42 Å². The Morgan fingerprint density at radius 1 is 1.14 bits per heavy atom. The fourth-order valence-corrected chi connectivity index (χ4v) is 2.40. The molecule has 0 aromatic heterocycles. The van der Waals surface area contributed by atoms with Crippen molar-refractivity contribution in [2.75, 3.05) is 31.0 Å². The van der Waals surface area contributed by atoms with Gasteiger partial charge >= 0.3 is 12.0 Å². The van der Waals surface area contributed by atoms with Gasteiger partial charge in [-0.05, 0) is 42.3 Å². The van der Waals surface area contributed by atoms with Gasteiger partial charge in [-0.25, -0.2) is 4.79 Å². The van der Waals surface area contributed by atoms with Crippen molar-refractivity contribution in [3.8, 4) is 11.8 Å². The van der Waals surface area contributed by atoms with Gasteiger partial charge in [0.05, 0.1) is 23.9 Å². The summed E-state index contributed by atoms with van der Waals surface area (Å²) in [5.41, 5.74) is 2.06. The Bertz CT molecular complexity index is 876.